The molecule has 2 aliphatic rings. The molecule has 2 fully saturated rings. The van der Waals surface area contributed by atoms with Crippen LogP contribution in [0.5, 0.6) is 0 Å². The molecule has 1 unspecified atom stereocenters. The second kappa shape index (κ2) is 10.4. The Hall–Kier alpha value is -2.15. The number of piperidine rings is 1. The Balaban J connectivity index is 1.32. The van der Waals surface area contributed by atoms with E-state index in [-0.39, 0.29) is 5.91 Å². The Kier molecular flexibility index (Phi) is 7.43. The highest BCUT2D eigenvalue weighted by Gasteiger charge is 2.20. The lowest BCUT2D eigenvalue weighted by Gasteiger charge is -2.33. The first kappa shape index (κ1) is 22.1. The van der Waals surface area contributed by atoms with Crippen molar-refractivity contribution >= 4 is 23.3 Å². The minimum atomic E-state index is -0.0529. The molecule has 7 heteroatoms. The monoisotopic (exact) mass is 442 g/mol. The molecule has 0 spiro atoms. The smallest absolute Gasteiger partial charge is 0.255 e. The number of pyridine rings is 1. The average Bonchev–Trinajstić information content (AvgIpc) is 2.81. The summed E-state index contributed by atoms with van der Waals surface area (Å²) in [5, 5.41) is 3.74. The quantitative estimate of drug-likeness (QED) is 0.726. The van der Waals surface area contributed by atoms with Gasteiger partial charge < -0.3 is 15.0 Å². The van der Waals surface area contributed by atoms with Crippen molar-refractivity contribution in [3.8, 4) is 0 Å². The molecule has 1 amide bonds. The first-order valence-electron chi connectivity index (χ1n) is 11.2. The number of likely N-dealkylation sites (tertiary alicyclic amines) is 1. The Morgan fingerprint density at radius 2 is 1.90 bits per heavy atom. The molecule has 1 aromatic heterocycles. The summed E-state index contributed by atoms with van der Waals surface area (Å²) in [5.41, 5.74) is 3.02. The fourth-order valence-electron chi connectivity index (χ4n) is 4.21. The van der Waals surface area contributed by atoms with Crippen molar-refractivity contribution in [3.63, 3.8) is 0 Å². The first-order valence-corrected chi connectivity index (χ1v) is 11.6. The van der Waals surface area contributed by atoms with Gasteiger partial charge in [0.25, 0.3) is 5.91 Å². The first-order chi connectivity index (χ1) is 15.1. The van der Waals surface area contributed by atoms with Crippen LogP contribution in [-0.2, 0) is 17.8 Å². The number of hydrogen-bond donors (Lipinski definition) is 1. The average molecular weight is 443 g/mol. The maximum absolute atomic E-state index is 12.6. The topological polar surface area (TPSA) is 57.7 Å². The Labute approximate surface area is 189 Å². The normalized spacial score (nSPS) is 19.9. The maximum atomic E-state index is 12.6. The molecular weight excluding hydrogens is 412 g/mol. The Morgan fingerprint density at radius 3 is 2.61 bits per heavy atom. The standard InChI is InChI=1S/C24H31ClN4O2/c1-18-4-2-3-9-29(18)17-20-7-5-19(6-8-20)15-26-23-22(25)14-21(16-27-23)24(30)28-10-12-31-13-11-28/h5-8,14,16,18H,2-4,9-13,15,17H2,1H3,(H,26,27). The Morgan fingerprint density at radius 1 is 1.16 bits per heavy atom. The highest BCUT2D eigenvalue weighted by atomic mass is 35.5. The lowest BCUT2D eigenvalue weighted by Crippen LogP contribution is -2.40. The summed E-state index contributed by atoms with van der Waals surface area (Å²) < 4.78 is 5.30. The zero-order valence-corrected chi connectivity index (χ0v) is 18.9. The SMILES string of the molecule is CC1CCCCN1Cc1ccc(CNc2ncc(C(=O)N3CCOCC3)cc2Cl)cc1. The molecular formula is C24H31ClN4O2. The van der Waals surface area contributed by atoms with Gasteiger partial charge in [0, 0.05) is 38.4 Å². The van der Waals surface area contributed by atoms with E-state index in [2.05, 4.69) is 46.4 Å². The summed E-state index contributed by atoms with van der Waals surface area (Å²) in [4.78, 5) is 21.3. The van der Waals surface area contributed by atoms with Crippen LogP contribution in [0, 0.1) is 0 Å². The van der Waals surface area contributed by atoms with Gasteiger partial charge in [-0.15, -0.1) is 0 Å². The van der Waals surface area contributed by atoms with E-state index in [0.29, 0.717) is 55.3 Å². The van der Waals surface area contributed by atoms with Gasteiger partial charge in [-0.1, -0.05) is 42.3 Å². The predicted octanol–water partition coefficient (Wildman–Crippen LogP) is 4.19. The van der Waals surface area contributed by atoms with E-state index in [1.165, 1.54) is 36.9 Å². The largest absolute Gasteiger partial charge is 0.378 e. The molecule has 0 saturated carbocycles. The van der Waals surface area contributed by atoms with Crippen LogP contribution in [-0.4, -0.2) is 59.6 Å². The van der Waals surface area contributed by atoms with Crippen molar-refractivity contribution < 1.29 is 9.53 Å². The van der Waals surface area contributed by atoms with Crippen molar-refractivity contribution in [1.82, 2.24) is 14.8 Å². The van der Waals surface area contributed by atoms with Gasteiger partial charge in [-0.2, -0.15) is 0 Å². The van der Waals surface area contributed by atoms with E-state index in [9.17, 15) is 4.79 Å². The third-order valence-corrected chi connectivity index (χ3v) is 6.48. The van der Waals surface area contributed by atoms with Gasteiger partial charge in [-0.25, -0.2) is 4.98 Å². The van der Waals surface area contributed by atoms with Crippen LogP contribution in [0.25, 0.3) is 0 Å². The van der Waals surface area contributed by atoms with Gasteiger partial charge >= 0.3 is 0 Å². The van der Waals surface area contributed by atoms with Gasteiger partial charge in [0.1, 0.15) is 5.82 Å². The van der Waals surface area contributed by atoms with E-state index >= 15 is 0 Å². The number of halogens is 1. The second-order valence-electron chi connectivity index (χ2n) is 8.44. The Bertz CT molecular complexity index is 884. The number of morpholine rings is 1. The van der Waals surface area contributed by atoms with Gasteiger partial charge in [0.2, 0.25) is 0 Å². The summed E-state index contributed by atoms with van der Waals surface area (Å²) in [7, 11) is 0. The molecule has 2 saturated heterocycles. The van der Waals surface area contributed by atoms with Crippen molar-refractivity contribution in [2.45, 2.75) is 45.3 Å². The second-order valence-corrected chi connectivity index (χ2v) is 8.85. The van der Waals surface area contributed by atoms with Crippen LogP contribution in [0.4, 0.5) is 5.82 Å². The van der Waals surface area contributed by atoms with Crippen LogP contribution in [0.15, 0.2) is 36.5 Å². The van der Waals surface area contributed by atoms with E-state index in [1.54, 1.807) is 17.2 Å². The fraction of sp³-hybridized carbons (Fsp3) is 0.500. The van der Waals surface area contributed by atoms with E-state index < -0.39 is 0 Å². The van der Waals surface area contributed by atoms with E-state index in [4.69, 9.17) is 16.3 Å². The van der Waals surface area contributed by atoms with Gasteiger partial charge in [-0.3, -0.25) is 9.69 Å². The minimum Gasteiger partial charge on any atom is -0.378 e. The maximum Gasteiger partial charge on any atom is 0.255 e. The lowest BCUT2D eigenvalue weighted by molar-refractivity contribution is 0.0302. The number of ether oxygens (including phenoxy) is 1. The van der Waals surface area contributed by atoms with Gasteiger partial charge in [-0.05, 0) is 43.5 Å². The molecule has 0 bridgehead atoms. The molecule has 0 aliphatic carbocycles. The van der Waals surface area contributed by atoms with Crippen LogP contribution < -0.4 is 5.32 Å². The number of carbonyl (C=O) groups is 1. The highest BCUT2D eigenvalue weighted by Crippen LogP contribution is 2.23. The van der Waals surface area contributed by atoms with E-state index in [1.807, 2.05) is 0 Å². The molecule has 1 atom stereocenters. The van der Waals surface area contributed by atoms with Gasteiger partial charge in [0.05, 0.1) is 23.8 Å². The van der Waals surface area contributed by atoms with Crippen LogP contribution in [0.3, 0.4) is 0 Å². The van der Waals surface area contributed by atoms with Crippen LogP contribution >= 0.6 is 11.6 Å². The van der Waals surface area contributed by atoms with Crippen LogP contribution in [0.2, 0.25) is 5.02 Å². The number of nitrogens with one attached hydrogen (secondary N) is 1. The minimum absolute atomic E-state index is 0.0529. The van der Waals surface area contributed by atoms with Crippen molar-refractivity contribution in [1.29, 1.82) is 0 Å². The lowest BCUT2D eigenvalue weighted by atomic mass is 10.0. The number of benzene rings is 1. The highest BCUT2D eigenvalue weighted by molar-refractivity contribution is 6.33. The molecule has 0 radical (unpaired) electrons. The number of aromatic nitrogens is 1. The summed E-state index contributed by atoms with van der Waals surface area (Å²) in [5.74, 6) is 0.536. The van der Waals surface area contributed by atoms with Crippen LogP contribution in [0.1, 0.15) is 47.7 Å². The number of nitrogens with zero attached hydrogens (tertiary/aromatic N) is 3. The molecule has 1 N–H and O–H groups in total. The summed E-state index contributed by atoms with van der Waals surface area (Å²) in [6.07, 6.45) is 5.54. The molecule has 6 nitrogen and oxygen atoms in total. The third-order valence-electron chi connectivity index (χ3n) is 6.20. The molecule has 1 aromatic carbocycles. The number of rotatable bonds is 6. The van der Waals surface area contributed by atoms with E-state index in [0.717, 1.165) is 6.54 Å². The fourth-order valence-corrected chi connectivity index (χ4v) is 4.44. The molecule has 31 heavy (non-hydrogen) atoms. The molecule has 166 valence electrons. The number of amides is 1. The predicted molar refractivity (Wildman–Crippen MR) is 123 cm³/mol. The summed E-state index contributed by atoms with van der Waals surface area (Å²) in [6.45, 7) is 7.51. The van der Waals surface area contributed by atoms with Crippen molar-refractivity contribution in [3.05, 3.63) is 58.2 Å². The number of anilines is 1. The zero-order valence-electron chi connectivity index (χ0n) is 18.1. The zero-order chi connectivity index (χ0) is 21.6. The number of hydrogen-bond acceptors (Lipinski definition) is 5. The van der Waals surface area contributed by atoms with Crippen molar-refractivity contribution in [2.24, 2.45) is 0 Å². The summed E-state index contributed by atoms with van der Waals surface area (Å²) in [6, 6.07) is 11.1. The van der Waals surface area contributed by atoms with Crippen molar-refractivity contribution in [2.75, 3.05) is 38.2 Å². The molecule has 3 heterocycles. The third kappa shape index (κ3) is 5.76. The molecule has 4 rings (SSSR count). The number of carbonyl (C=O) groups excluding carboxylic acids is 1. The molecule has 2 aromatic rings. The summed E-state index contributed by atoms with van der Waals surface area (Å²) >= 11 is 6.40. The molecule has 2 aliphatic heterocycles. The van der Waals surface area contributed by atoms with Gasteiger partial charge in [0.15, 0.2) is 0 Å².